The maximum absolute atomic E-state index is 11.6. The molecule has 5 nitrogen and oxygen atoms in total. The van der Waals surface area contributed by atoms with E-state index in [-0.39, 0.29) is 11.5 Å². The van der Waals surface area contributed by atoms with Crippen LogP contribution in [0.5, 0.6) is 0 Å². The lowest BCUT2D eigenvalue weighted by Gasteiger charge is -2.14. The Labute approximate surface area is 93.1 Å². The van der Waals surface area contributed by atoms with E-state index in [1.54, 1.807) is 0 Å². The van der Waals surface area contributed by atoms with Crippen LogP contribution in [0.3, 0.4) is 0 Å². The summed E-state index contributed by atoms with van der Waals surface area (Å²) in [5, 5.41) is 0. The van der Waals surface area contributed by atoms with Gasteiger partial charge in [-0.1, -0.05) is 20.8 Å². The van der Waals surface area contributed by atoms with Gasteiger partial charge in [-0.2, -0.15) is 0 Å². The Morgan fingerprint density at radius 1 is 1.38 bits per heavy atom. The molecule has 0 aromatic carbocycles. The van der Waals surface area contributed by atoms with Gasteiger partial charge in [-0.05, 0) is 12.3 Å². The largest absolute Gasteiger partial charge is 0.328 e. The van der Waals surface area contributed by atoms with Gasteiger partial charge in [-0.15, -0.1) is 0 Å². The zero-order chi connectivity index (χ0) is 12.3. The summed E-state index contributed by atoms with van der Waals surface area (Å²) < 4.78 is 1.47. The van der Waals surface area contributed by atoms with Gasteiger partial charge < -0.3 is 0 Å². The summed E-state index contributed by atoms with van der Waals surface area (Å²) in [6, 6.07) is 0. The Balaban J connectivity index is 3.52. The van der Waals surface area contributed by atoms with Crippen molar-refractivity contribution in [2.24, 2.45) is 5.92 Å². The lowest BCUT2D eigenvalue weighted by atomic mass is 10.1. The lowest BCUT2D eigenvalue weighted by Crippen LogP contribution is -2.36. The molecule has 0 spiro atoms. The minimum Gasteiger partial charge on any atom is -0.298 e. The molecule has 1 rings (SSSR count). The molecule has 0 fully saturated rings. The Bertz CT molecular complexity index is 497. The molecule has 1 N–H and O–H groups in total. The number of hydrogen-bond acceptors (Lipinski definition) is 3. The quantitative estimate of drug-likeness (QED) is 0.760. The molecule has 0 bridgehead atoms. The van der Waals surface area contributed by atoms with Gasteiger partial charge in [-0.25, -0.2) is 4.79 Å². The van der Waals surface area contributed by atoms with Crippen molar-refractivity contribution >= 4 is 6.29 Å². The van der Waals surface area contributed by atoms with Crippen LogP contribution in [0.2, 0.25) is 0 Å². The maximum Gasteiger partial charge on any atom is 0.328 e. The number of rotatable bonds is 4. The van der Waals surface area contributed by atoms with Crippen LogP contribution < -0.4 is 11.2 Å². The fourth-order valence-corrected chi connectivity index (χ4v) is 1.69. The smallest absolute Gasteiger partial charge is 0.298 e. The summed E-state index contributed by atoms with van der Waals surface area (Å²) in [5.74, 6) is 0.272. The number of hydrogen-bond donors (Lipinski definition) is 1. The molecule has 1 heterocycles. The minimum absolute atomic E-state index is 0.0581. The molecule has 5 heteroatoms. The van der Waals surface area contributed by atoms with Crippen molar-refractivity contribution in [3.8, 4) is 0 Å². The number of aromatic amines is 1. The molecule has 0 radical (unpaired) electrons. The average Bonchev–Trinajstić information content (AvgIpc) is 2.20. The molecular weight excluding hydrogens is 208 g/mol. The Kier molecular flexibility index (Phi) is 3.82. The highest BCUT2D eigenvalue weighted by molar-refractivity contribution is 5.75. The molecule has 0 unspecified atom stereocenters. The number of nitrogens with zero attached hydrogens (tertiary/aromatic N) is 1. The molecule has 88 valence electrons. The van der Waals surface area contributed by atoms with Crippen molar-refractivity contribution in [3.63, 3.8) is 0 Å². The lowest BCUT2D eigenvalue weighted by molar-refractivity contribution is 0.112. The zero-order valence-corrected chi connectivity index (χ0v) is 9.74. The third-order valence-corrected chi connectivity index (χ3v) is 2.35. The van der Waals surface area contributed by atoms with Gasteiger partial charge in [0.25, 0.3) is 5.56 Å². The van der Waals surface area contributed by atoms with Crippen LogP contribution in [-0.4, -0.2) is 15.8 Å². The van der Waals surface area contributed by atoms with Crippen LogP contribution in [0.25, 0.3) is 0 Å². The first-order valence-electron chi connectivity index (χ1n) is 5.32. The number of carbonyl (C=O) groups is 1. The highest BCUT2D eigenvalue weighted by atomic mass is 16.2. The van der Waals surface area contributed by atoms with Crippen molar-refractivity contribution < 1.29 is 4.79 Å². The summed E-state index contributed by atoms with van der Waals surface area (Å²) in [6.07, 6.45) is 0.994. The Hall–Kier alpha value is -1.65. The van der Waals surface area contributed by atoms with Gasteiger partial charge in [0, 0.05) is 12.2 Å². The highest BCUT2D eigenvalue weighted by Gasteiger charge is 2.13. The first-order valence-corrected chi connectivity index (χ1v) is 5.32. The minimum atomic E-state index is -0.600. The fourth-order valence-electron chi connectivity index (χ4n) is 1.69. The van der Waals surface area contributed by atoms with E-state index in [2.05, 4.69) is 4.98 Å². The molecule has 0 amide bonds. The predicted octanol–water partition coefficient (Wildman–Crippen LogP) is 0.567. The molecule has 0 aliphatic heterocycles. The van der Waals surface area contributed by atoms with Gasteiger partial charge >= 0.3 is 5.69 Å². The Morgan fingerprint density at radius 3 is 2.44 bits per heavy atom. The number of carbonyl (C=O) groups excluding carboxylic acids is 1. The highest BCUT2D eigenvalue weighted by Crippen LogP contribution is 2.04. The predicted molar refractivity (Wildman–Crippen MR) is 60.9 cm³/mol. The molecule has 0 saturated carbocycles. The van der Waals surface area contributed by atoms with Crippen molar-refractivity contribution in [1.29, 1.82) is 0 Å². The van der Waals surface area contributed by atoms with Gasteiger partial charge in [0.2, 0.25) is 0 Å². The van der Waals surface area contributed by atoms with E-state index < -0.39 is 11.2 Å². The van der Waals surface area contributed by atoms with Gasteiger partial charge in [-0.3, -0.25) is 19.1 Å². The SMILES string of the molecule is CCc1c(C=O)c(=O)[nH]c(=O)n1CC(C)C. The summed E-state index contributed by atoms with van der Waals surface area (Å²) in [7, 11) is 0. The van der Waals surface area contributed by atoms with E-state index >= 15 is 0 Å². The molecular formula is C11H16N2O3. The van der Waals surface area contributed by atoms with Gasteiger partial charge in [0.1, 0.15) is 0 Å². The van der Waals surface area contributed by atoms with E-state index in [0.717, 1.165) is 0 Å². The van der Waals surface area contributed by atoms with Crippen LogP contribution in [0.4, 0.5) is 0 Å². The van der Waals surface area contributed by atoms with Crippen molar-refractivity contribution in [2.45, 2.75) is 33.7 Å². The van der Waals surface area contributed by atoms with E-state index in [4.69, 9.17) is 0 Å². The van der Waals surface area contributed by atoms with Crippen LogP contribution >= 0.6 is 0 Å². The molecule has 0 aliphatic carbocycles. The monoisotopic (exact) mass is 224 g/mol. The van der Waals surface area contributed by atoms with Crippen LogP contribution in [0, 0.1) is 5.92 Å². The summed E-state index contributed by atoms with van der Waals surface area (Å²) in [6.45, 7) is 6.26. The average molecular weight is 224 g/mol. The van der Waals surface area contributed by atoms with Crippen LogP contribution in [0.1, 0.15) is 36.8 Å². The van der Waals surface area contributed by atoms with E-state index in [9.17, 15) is 14.4 Å². The number of aromatic nitrogens is 2. The number of nitrogens with one attached hydrogen (secondary N) is 1. The second kappa shape index (κ2) is 4.92. The molecule has 0 saturated heterocycles. The van der Waals surface area contributed by atoms with Gasteiger partial charge in [0.15, 0.2) is 6.29 Å². The second-order valence-electron chi connectivity index (χ2n) is 4.10. The first kappa shape index (κ1) is 12.4. The van der Waals surface area contributed by atoms with E-state index in [0.29, 0.717) is 24.9 Å². The number of H-pyrrole nitrogens is 1. The van der Waals surface area contributed by atoms with Crippen molar-refractivity contribution in [1.82, 2.24) is 9.55 Å². The molecule has 0 atom stereocenters. The maximum atomic E-state index is 11.6. The Morgan fingerprint density at radius 2 is 2.00 bits per heavy atom. The summed E-state index contributed by atoms with van der Waals surface area (Å²) in [5.41, 5.74) is -0.474. The number of aldehydes is 1. The normalized spacial score (nSPS) is 10.8. The van der Waals surface area contributed by atoms with E-state index in [1.807, 2.05) is 20.8 Å². The van der Waals surface area contributed by atoms with Crippen LogP contribution in [-0.2, 0) is 13.0 Å². The molecule has 1 aromatic rings. The van der Waals surface area contributed by atoms with Crippen molar-refractivity contribution in [2.75, 3.05) is 0 Å². The topological polar surface area (TPSA) is 71.9 Å². The van der Waals surface area contributed by atoms with Crippen LogP contribution in [0.15, 0.2) is 9.59 Å². The van der Waals surface area contributed by atoms with Gasteiger partial charge in [0.05, 0.1) is 5.56 Å². The summed E-state index contributed by atoms with van der Waals surface area (Å²) in [4.78, 5) is 36.0. The fraction of sp³-hybridized carbons (Fsp3) is 0.545. The molecule has 0 aliphatic rings. The second-order valence-corrected chi connectivity index (χ2v) is 4.10. The van der Waals surface area contributed by atoms with E-state index in [1.165, 1.54) is 4.57 Å². The van der Waals surface area contributed by atoms with Crippen molar-refractivity contribution in [3.05, 3.63) is 32.1 Å². The molecule has 1 aromatic heterocycles. The molecule has 16 heavy (non-hydrogen) atoms. The third-order valence-electron chi connectivity index (χ3n) is 2.35. The summed E-state index contributed by atoms with van der Waals surface area (Å²) >= 11 is 0. The first-order chi connectivity index (χ1) is 7.51. The third kappa shape index (κ3) is 2.29. The standard InChI is InChI=1S/C11H16N2O3/c1-4-9-8(6-14)10(15)12-11(16)13(9)5-7(2)3/h6-7H,4-5H2,1-3H3,(H,12,15,16). The zero-order valence-electron chi connectivity index (χ0n) is 9.74.